The molecule has 1 aliphatic heterocycles. The van der Waals surface area contributed by atoms with E-state index in [1.807, 2.05) is 0 Å². The Labute approximate surface area is 164 Å². The highest BCUT2D eigenvalue weighted by molar-refractivity contribution is 6.23. The number of phenols is 1. The standard InChI is InChI=1S/C21H16F3NO4/c1-12-18(20(28)29-2)17(10-13-6-8-16(26)9-7-13)19(27)25(12)15-5-3-4-14(11-15)21(22,23)24/h3-11,26H,1-2H3/b17-10-. The number of alkyl halides is 3. The van der Waals surface area contributed by atoms with E-state index in [0.717, 1.165) is 24.1 Å². The Balaban J connectivity index is 2.13. The second-order valence-electron chi connectivity index (χ2n) is 6.29. The minimum absolute atomic E-state index is 0.0159. The van der Waals surface area contributed by atoms with Crippen molar-refractivity contribution in [2.24, 2.45) is 0 Å². The Morgan fingerprint density at radius 3 is 2.38 bits per heavy atom. The summed E-state index contributed by atoms with van der Waals surface area (Å²) in [6, 6.07) is 10.2. The van der Waals surface area contributed by atoms with Crippen molar-refractivity contribution < 1.29 is 32.6 Å². The van der Waals surface area contributed by atoms with Crippen LogP contribution in [0, 0.1) is 0 Å². The fraction of sp³-hybridized carbons (Fsp3) is 0.143. The van der Waals surface area contributed by atoms with E-state index >= 15 is 0 Å². The number of ether oxygens (including phenoxy) is 1. The molecule has 0 radical (unpaired) electrons. The molecule has 0 unspecified atom stereocenters. The zero-order chi connectivity index (χ0) is 21.3. The molecule has 0 aromatic heterocycles. The van der Waals surface area contributed by atoms with Crippen LogP contribution in [0.3, 0.4) is 0 Å². The number of rotatable bonds is 3. The molecule has 0 atom stereocenters. The molecule has 5 nitrogen and oxygen atoms in total. The number of phenolic OH excluding ortho intramolecular Hbond substituents is 1. The van der Waals surface area contributed by atoms with Gasteiger partial charge in [-0.25, -0.2) is 4.79 Å². The van der Waals surface area contributed by atoms with E-state index in [4.69, 9.17) is 4.74 Å². The summed E-state index contributed by atoms with van der Waals surface area (Å²) in [6.07, 6.45) is -3.16. The van der Waals surface area contributed by atoms with Crippen molar-refractivity contribution in [2.75, 3.05) is 12.0 Å². The van der Waals surface area contributed by atoms with E-state index < -0.39 is 23.6 Å². The first kappa shape index (κ1) is 20.2. The predicted molar refractivity (Wildman–Crippen MR) is 99.7 cm³/mol. The van der Waals surface area contributed by atoms with Gasteiger partial charge in [0.1, 0.15) is 5.75 Å². The first-order chi connectivity index (χ1) is 13.6. The predicted octanol–water partition coefficient (Wildman–Crippen LogP) is 4.29. The van der Waals surface area contributed by atoms with Crippen LogP contribution in [0.1, 0.15) is 18.1 Å². The monoisotopic (exact) mass is 403 g/mol. The van der Waals surface area contributed by atoms with E-state index in [1.54, 1.807) is 0 Å². The zero-order valence-corrected chi connectivity index (χ0v) is 15.4. The zero-order valence-electron chi connectivity index (χ0n) is 15.4. The fourth-order valence-electron chi connectivity index (χ4n) is 3.05. The van der Waals surface area contributed by atoms with Crippen molar-refractivity contribution in [3.63, 3.8) is 0 Å². The van der Waals surface area contributed by atoms with Crippen molar-refractivity contribution in [3.05, 3.63) is 76.5 Å². The quantitative estimate of drug-likeness (QED) is 0.613. The van der Waals surface area contributed by atoms with Crippen molar-refractivity contribution in [1.82, 2.24) is 0 Å². The lowest BCUT2D eigenvalue weighted by Gasteiger charge is -2.19. The Morgan fingerprint density at radius 2 is 1.79 bits per heavy atom. The molecule has 1 N–H and O–H groups in total. The summed E-state index contributed by atoms with van der Waals surface area (Å²) in [5, 5.41) is 9.40. The van der Waals surface area contributed by atoms with Crippen LogP contribution in [0.2, 0.25) is 0 Å². The van der Waals surface area contributed by atoms with Gasteiger partial charge in [0.15, 0.2) is 0 Å². The number of carbonyl (C=O) groups is 2. The molecule has 1 amide bonds. The van der Waals surface area contributed by atoms with Gasteiger partial charge in [0.25, 0.3) is 5.91 Å². The Kier molecular flexibility index (Phi) is 5.19. The van der Waals surface area contributed by atoms with Crippen LogP contribution in [0.4, 0.5) is 18.9 Å². The van der Waals surface area contributed by atoms with Gasteiger partial charge in [0.2, 0.25) is 0 Å². The van der Waals surface area contributed by atoms with Gasteiger partial charge in [0, 0.05) is 11.4 Å². The van der Waals surface area contributed by atoms with Gasteiger partial charge in [-0.1, -0.05) is 18.2 Å². The van der Waals surface area contributed by atoms with E-state index in [-0.39, 0.29) is 28.3 Å². The lowest BCUT2D eigenvalue weighted by molar-refractivity contribution is -0.137. The van der Waals surface area contributed by atoms with Crippen molar-refractivity contribution in [1.29, 1.82) is 0 Å². The second kappa shape index (κ2) is 7.46. The summed E-state index contributed by atoms with van der Waals surface area (Å²) in [5.41, 5.74) is -0.304. The first-order valence-electron chi connectivity index (χ1n) is 8.45. The second-order valence-corrected chi connectivity index (χ2v) is 6.29. The summed E-state index contributed by atoms with van der Waals surface area (Å²) in [7, 11) is 1.15. The smallest absolute Gasteiger partial charge is 0.416 e. The summed E-state index contributed by atoms with van der Waals surface area (Å²) in [4.78, 5) is 26.4. The number of hydrogen-bond donors (Lipinski definition) is 1. The highest BCUT2D eigenvalue weighted by Gasteiger charge is 2.39. The minimum atomic E-state index is -4.58. The van der Waals surface area contributed by atoms with E-state index in [1.165, 1.54) is 49.4 Å². The number of methoxy groups -OCH3 is 1. The summed E-state index contributed by atoms with van der Waals surface area (Å²) < 4.78 is 44.0. The molecule has 0 saturated carbocycles. The molecule has 1 aliphatic rings. The van der Waals surface area contributed by atoms with Crippen molar-refractivity contribution >= 4 is 23.6 Å². The molecule has 1 heterocycles. The van der Waals surface area contributed by atoms with Crippen LogP contribution in [0.25, 0.3) is 6.08 Å². The van der Waals surface area contributed by atoms with Gasteiger partial charge >= 0.3 is 12.1 Å². The topological polar surface area (TPSA) is 66.8 Å². The number of allylic oxidation sites excluding steroid dienone is 1. The van der Waals surface area contributed by atoms with Gasteiger partial charge in [0.05, 0.1) is 23.8 Å². The van der Waals surface area contributed by atoms with Crippen LogP contribution >= 0.6 is 0 Å². The number of esters is 1. The van der Waals surface area contributed by atoms with Crippen LogP contribution in [0.15, 0.2) is 65.4 Å². The average Bonchev–Trinajstić information content (AvgIpc) is 2.92. The largest absolute Gasteiger partial charge is 0.508 e. The van der Waals surface area contributed by atoms with E-state index in [0.29, 0.717) is 5.56 Å². The minimum Gasteiger partial charge on any atom is -0.508 e. The van der Waals surface area contributed by atoms with Gasteiger partial charge in [-0.15, -0.1) is 0 Å². The molecule has 0 spiro atoms. The summed E-state index contributed by atoms with van der Waals surface area (Å²) in [6.45, 7) is 1.46. The van der Waals surface area contributed by atoms with Crippen molar-refractivity contribution in [3.8, 4) is 5.75 Å². The third-order valence-corrected chi connectivity index (χ3v) is 4.43. The molecule has 2 aromatic carbocycles. The number of nitrogens with zero attached hydrogens (tertiary/aromatic N) is 1. The van der Waals surface area contributed by atoms with Crippen LogP contribution in [0.5, 0.6) is 5.75 Å². The lowest BCUT2D eigenvalue weighted by atomic mass is 10.0. The molecule has 8 heteroatoms. The lowest BCUT2D eigenvalue weighted by Crippen LogP contribution is -2.24. The van der Waals surface area contributed by atoms with Gasteiger partial charge < -0.3 is 9.84 Å². The number of aromatic hydroxyl groups is 1. The number of halogens is 3. The molecule has 0 aliphatic carbocycles. The Bertz CT molecular complexity index is 1040. The first-order valence-corrected chi connectivity index (χ1v) is 8.45. The number of amides is 1. The maximum atomic E-state index is 13.1. The third kappa shape index (κ3) is 3.87. The van der Waals surface area contributed by atoms with Gasteiger partial charge in [-0.2, -0.15) is 13.2 Å². The molecular formula is C21H16F3NO4. The third-order valence-electron chi connectivity index (χ3n) is 4.43. The molecule has 0 fully saturated rings. The van der Waals surface area contributed by atoms with Crippen LogP contribution in [-0.4, -0.2) is 24.1 Å². The van der Waals surface area contributed by atoms with Crippen molar-refractivity contribution in [2.45, 2.75) is 13.1 Å². The molecule has 29 heavy (non-hydrogen) atoms. The normalized spacial score (nSPS) is 16.0. The highest BCUT2D eigenvalue weighted by atomic mass is 19.4. The van der Waals surface area contributed by atoms with Gasteiger partial charge in [-0.3, -0.25) is 9.69 Å². The average molecular weight is 403 g/mol. The number of anilines is 1. The fourth-order valence-corrected chi connectivity index (χ4v) is 3.05. The maximum Gasteiger partial charge on any atom is 0.416 e. The van der Waals surface area contributed by atoms with E-state index in [9.17, 15) is 27.9 Å². The molecule has 150 valence electrons. The SMILES string of the molecule is COC(=O)C1=C(C)N(c2cccc(C(F)(F)F)c2)C(=O)/C1=C\c1ccc(O)cc1. The number of carbonyl (C=O) groups excluding carboxylic acids is 2. The van der Waals surface area contributed by atoms with E-state index in [2.05, 4.69) is 0 Å². The Morgan fingerprint density at radius 1 is 1.14 bits per heavy atom. The highest BCUT2D eigenvalue weighted by Crippen LogP contribution is 2.38. The number of benzene rings is 2. The summed E-state index contributed by atoms with van der Waals surface area (Å²) in [5.74, 6) is -1.42. The Hall–Kier alpha value is -3.55. The molecule has 2 aromatic rings. The molecule has 0 bridgehead atoms. The maximum absolute atomic E-state index is 13.1. The summed E-state index contributed by atoms with van der Waals surface area (Å²) >= 11 is 0. The molecular weight excluding hydrogens is 387 g/mol. The molecule has 3 rings (SSSR count). The van der Waals surface area contributed by atoms with Gasteiger partial charge in [-0.05, 0) is 48.9 Å². The van der Waals surface area contributed by atoms with Crippen LogP contribution < -0.4 is 4.90 Å². The van der Waals surface area contributed by atoms with Crippen LogP contribution in [-0.2, 0) is 20.5 Å². The number of hydrogen-bond acceptors (Lipinski definition) is 4. The molecule has 0 saturated heterocycles.